The molecule has 0 aliphatic heterocycles. The molecule has 0 N–H and O–H groups in total. The van der Waals surface area contributed by atoms with Gasteiger partial charge in [0.25, 0.3) is 0 Å². The number of hydrogen-bond acceptors (Lipinski definition) is 0. The maximum atomic E-state index is 2.37. The van der Waals surface area contributed by atoms with Gasteiger partial charge in [0.2, 0.25) is 0 Å². The predicted molar refractivity (Wildman–Crippen MR) is 289 cm³/mol. The van der Waals surface area contributed by atoms with Crippen LogP contribution in [-0.2, 0) is 10.8 Å². The van der Waals surface area contributed by atoms with Crippen LogP contribution >= 0.6 is 0 Å². The largest absolute Gasteiger partial charge is 0.0616 e. The van der Waals surface area contributed by atoms with Gasteiger partial charge in [-0.1, -0.05) is 230 Å². The van der Waals surface area contributed by atoms with E-state index in [-0.39, 0.29) is 10.8 Å². The Morgan fingerprint density at radius 3 is 1.20 bits per heavy atom. The number of hydrogen-bond donors (Lipinski definition) is 0. The van der Waals surface area contributed by atoms with E-state index >= 15 is 0 Å². The quantitative estimate of drug-likeness (QED) is 0.155. The summed E-state index contributed by atoms with van der Waals surface area (Å²) in [6.07, 6.45) is 0. The average Bonchev–Trinajstić information content (AvgIpc) is 3.33. The van der Waals surface area contributed by atoms with Gasteiger partial charge in [0.15, 0.2) is 0 Å². The van der Waals surface area contributed by atoms with Gasteiger partial charge in [0.1, 0.15) is 0 Å². The molecule has 0 nitrogen and oxygen atoms in total. The summed E-state index contributed by atoms with van der Waals surface area (Å²) in [5.74, 6) is 0. The van der Waals surface area contributed by atoms with Crippen LogP contribution in [0.2, 0.25) is 0 Å². The SMILES string of the molecule is CC(C)(C)c1c(-c2ccc3ccccc3c2)ccc2cc3ccccc3cc12.CC(C)(C)c1cccc2c(-c3ccc4ccccc4c3)c3ccccc3c(-c3ccc4ccccc4c3)c12. The van der Waals surface area contributed by atoms with Crippen molar-refractivity contribution in [3.63, 3.8) is 0 Å². The topological polar surface area (TPSA) is 0 Å². The minimum absolute atomic E-state index is 0.00573. The molecule has 66 heavy (non-hydrogen) atoms. The zero-order valence-electron chi connectivity index (χ0n) is 38.8. The molecule has 0 heteroatoms. The lowest BCUT2D eigenvalue weighted by Crippen LogP contribution is -2.13. The molecule has 0 aliphatic rings. The van der Waals surface area contributed by atoms with E-state index in [1.165, 1.54) is 120 Å². The average molecular weight is 847 g/mol. The van der Waals surface area contributed by atoms with Crippen LogP contribution in [0.15, 0.2) is 218 Å². The number of rotatable bonds is 3. The molecule has 0 saturated carbocycles. The van der Waals surface area contributed by atoms with Crippen LogP contribution in [0.4, 0.5) is 0 Å². The van der Waals surface area contributed by atoms with Gasteiger partial charge < -0.3 is 0 Å². The highest BCUT2D eigenvalue weighted by atomic mass is 14.3. The Hall–Kier alpha value is -7.54. The zero-order valence-corrected chi connectivity index (χ0v) is 38.8. The molecular weight excluding hydrogens is 793 g/mol. The highest BCUT2D eigenvalue weighted by Crippen LogP contribution is 2.48. The molecule has 0 saturated heterocycles. The Kier molecular flexibility index (Phi) is 10.1. The van der Waals surface area contributed by atoms with E-state index in [1.54, 1.807) is 0 Å². The Morgan fingerprint density at radius 2 is 0.667 bits per heavy atom. The van der Waals surface area contributed by atoms with Crippen molar-refractivity contribution < 1.29 is 0 Å². The highest BCUT2D eigenvalue weighted by molar-refractivity contribution is 6.23. The minimum atomic E-state index is -0.00573. The van der Waals surface area contributed by atoms with Crippen molar-refractivity contribution in [2.24, 2.45) is 0 Å². The van der Waals surface area contributed by atoms with Crippen LogP contribution in [-0.4, -0.2) is 0 Å². The van der Waals surface area contributed by atoms with E-state index in [9.17, 15) is 0 Å². The molecule has 12 aromatic rings. The predicted octanol–water partition coefficient (Wildman–Crippen LogP) is 19.0. The second kappa shape index (κ2) is 16.2. The van der Waals surface area contributed by atoms with Crippen molar-refractivity contribution in [2.45, 2.75) is 52.4 Å². The lowest BCUT2D eigenvalue weighted by molar-refractivity contribution is 0.596. The maximum absolute atomic E-state index is 2.37. The molecule has 0 unspecified atom stereocenters. The molecule has 12 rings (SSSR count). The normalized spacial score (nSPS) is 12.1. The van der Waals surface area contributed by atoms with Crippen LogP contribution in [0.25, 0.3) is 109 Å². The van der Waals surface area contributed by atoms with Gasteiger partial charge in [-0.15, -0.1) is 0 Å². The fourth-order valence-electron chi connectivity index (χ4n) is 10.6. The van der Waals surface area contributed by atoms with Crippen molar-refractivity contribution in [3.8, 4) is 33.4 Å². The smallest absolute Gasteiger partial charge is 0.00232 e. The lowest BCUT2D eigenvalue weighted by atomic mass is 9.77. The maximum Gasteiger partial charge on any atom is -0.00232 e. The van der Waals surface area contributed by atoms with E-state index < -0.39 is 0 Å². The van der Waals surface area contributed by atoms with E-state index in [2.05, 4.69) is 260 Å². The summed E-state index contributed by atoms with van der Waals surface area (Å²) in [5, 5.41) is 18.2. The third-order valence-corrected chi connectivity index (χ3v) is 13.6. The van der Waals surface area contributed by atoms with Crippen LogP contribution in [0, 0.1) is 0 Å². The van der Waals surface area contributed by atoms with Crippen LogP contribution in [0.1, 0.15) is 52.7 Å². The molecule has 0 heterocycles. The van der Waals surface area contributed by atoms with Crippen LogP contribution in [0.5, 0.6) is 0 Å². The van der Waals surface area contributed by atoms with Crippen molar-refractivity contribution in [3.05, 3.63) is 230 Å². The summed E-state index contributed by atoms with van der Waals surface area (Å²) < 4.78 is 0. The van der Waals surface area contributed by atoms with Crippen molar-refractivity contribution in [2.75, 3.05) is 0 Å². The molecule has 0 bridgehead atoms. The van der Waals surface area contributed by atoms with Gasteiger partial charge >= 0.3 is 0 Å². The molecule has 0 radical (unpaired) electrons. The monoisotopic (exact) mass is 846 g/mol. The first-order valence-corrected chi connectivity index (χ1v) is 23.4. The molecule has 0 spiro atoms. The minimum Gasteiger partial charge on any atom is -0.0616 e. The summed E-state index contributed by atoms with van der Waals surface area (Å²) in [6.45, 7) is 14.0. The summed E-state index contributed by atoms with van der Waals surface area (Å²) in [7, 11) is 0. The molecule has 0 aromatic heterocycles. The van der Waals surface area contributed by atoms with E-state index in [0.29, 0.717) is 0 Å². The summed E-state index contributed by atoms with van der Waals surface area (Å²) in [4.78, 5) is 0. The standard InChI is InChI=1S/C38H30.C28H24/c1-38(2,3)34-18-10-17-33-35(29-21-19-25-11-4-6-13-27(25)23-29)31-15-8-9-16-32(31)36(37(33)34)30-22-20-26-12-5-7-14-28(26)24-30;1-28(2,3)27-25(23-13-12-19-8-4-5-9-20(19)16-23)15-14-24-17-21-10-6-7-11-22(21)18-26(24)27/h4-24H,1-3H3;4-18H,1-3H3. The molecule has 0 atom stereocenters. The molecular formula is C66H54. The molecule has 0 aliphatic carbocycles. The van der Waals surface area contributed by atoms with Gasteiger partial charge in [-0.2, -0.15) is 0 Å². The first-order chi connectivity index (χ1) is 32.0. The molecule has 318 valence electrons. The summed E-state index contributed by atoms with van der Waals surface area (Å²) >= 11 is 0. The highest BCUT2D eigenvalue weighted by Gasteiger charge is 2.25. The first-order valence-electron chi connectivity index (χ1n) is 23.4. The molecule has 0 fully saturated rings. The third-order valence-electron chi connectivity index (χ3n) is 13.6. The van der Waals surface area contributed by atoms with Crippen molar-refractivity contribution >= 4 is 75.4 Å². The number of fused-ring (bicyclic) bond motifs is 7. The van der Waals surface area contributed by atoms with Crippen molar-refractivity contribution in [1.82, 2.24) is 0 Å². The lowest BCUT2D eigenvalue weighted by Gasteiger charge is -2.26. The Morgan fingerprint density at radius 1 is 0.258 bits per heavy atom. The van der Waals surface area contributed by atoms with E-state index in [0.717, 1.165) is 0 Å². The third kappa shape index (κ3) is 7.37. The summed E-state index contributed by atoms with van der Waals surface area (Å²) in [5.41, 5.74) is 10.6. The molecule has 12 aromatic carbocycles. The Balaban J connectivity index is 0.000000153. The zero-order chi connectivity index (χ0) is 45.2. The second-order valence-electron chi connectivity index (χ2n) is 20.1. The van der Waals surface area contributed by atoms with Gasteiger partial charge in [-0.05, 0) is 161 Å². The van der Waals surface area contributed by atoms with Gasteiger partial charge in [-0.3, -0.25) is 0 Å². The van der Waals surface area contributed by atoms with Crippen LogP contribution in [0.3, 0.4) is 0 Å². The van der Waals surface area contributed by atoms with Gasteiger partial charge in [-0.25, -0.2) is 0 Å². The first kappa shape index (κ1) is 41.2. The van der Waals surface area contributed by atoms with Gasteiger partial charge in [0.05, 0.1) is 0 Å². The fourth-order valence-corrected chi connectivity index (χ4v) is 10.6. The molecule has 0 amide bonds. The summed E-state index contributed by atoms with van der Waals surface area (Å²) in [6, 6.07) is 80.4. The Bertz CT molecular complexity index is 3830. The van der Waals surface area contributed by atoms with Crippen molar-refractivity contribution in [1.29, 1.82) is 0 Å². The number of benzene rings is 12. The van der Waals surface area contributed by atoms with Crippen LogP contribution < -0.4 is 0 Å². The van der Waals surface area contributed by atoms with E-state index in [4.69, 9.17) is 0 Å². The Labute approximate surface area is 388 Å². The van der Waals surface area contributed by atoms with E-state index in [1.807, 2.05) is 0 Å². The van der Waals surface area contributed by atoms with Gasteiger partial charge in [0, 0.05) is 0 Å². The fraction of sp³-hybridized carbons (Fsp3) is 0.121. The second-order valence-corrected chi connectivity index (χ2v) is 20.1.